The third kappa shape index (κ3) is 5.95. The van der Waals surface area contributed by atoms with Crippen molar-refractivity contribution in [1.29, 1.82) is 0 Å². The number of hydrazine groups is 1. The molecule has 0 aromatic heterocycles. The largest absolute Gasteiger partial charge is 0.497 e. The van der Waals surface area contributed by atoms with Crippen molar-refractivity contribution in [3.05, 3.63) is 76.3 Å². The molecule has 1 atom stereocenters. The Bertz CT molecular complexity index is 1250. The first-order valence-electron chi connectivity index (χ1n) is 11.1. The van der Waals surface area contributed by atoms with Crippen molar-refractivity contribution in [1.82, 2.24) is 5.43 Å². The molecule has 0 aliphatic carbocycles. The summed E-state index contributed by atoms with van der Waals surface area (Å²) in [4.78, 5) is 26.8. The van der Waals surface area contributed by atoms with Crippen molar-refractivity contribution < 1.29 is 23.8 Å². The number of carbonyl (C=O) groups is 2. The van der Waals surface area contributed by atoms with E-state index in [1.165, 1.54) is 7.11 Å². The molecule has 1 heterocycles. The van der Waals surface area contributed by atoms with E-state index in [9.17, 15) is 9.59 Å². The summed E-state index contributed by atoms with van der Waals surface area (Å²) in [5, 5.41) is 1.06. The van der Waals surface area contributed by atoms with Crippen LogP contribution in [-0.4, -0.2) is 32.6 Å². The van der Waals surface area contributed by atoms with E-state index in [1.54, 1.807) is 72.7 Å². The molecule has 0 bridgehead atoms. The van der Waals surface area contributed by atoms with Crippen molar-refractivity contribution in [2.45, 2.75) is 13.0 Å². The highest BCUT2D eigenvalue weighted by molar-refractivity contribution is 6.35. The minimum Gasteiger partial charge on any atom is -0.497 e. The van der Waals surface area contributed by atoms with E-state index in [4.69, 9.17) is 37.4 Å². The van der Waals surface area contributed by atoms with E-state index in [0.29, 0.717) is 39.5 Å². The van der Waals surface area contributed by atoms with Gasteiger partial charge in [0.25, 0.3) is 0 Å². The van der Waals surface area contributed by atoms with Crippen molar-refractivity contribution in [3.63, 3.8) is 0 Å². The molecule has 8 nitrogen and oxygen atoms in total. The number of nitrogens with zero attached hydrogens (tertiary/aromatic N) is 1. The van der Waals surface area contributed by atoms with Gasteiger partial charge in [-0.25, -0.2) is 0 Å². The molecule has 3 aromatic carbocycles. The fraction of sp³-hybridized carbons (Fsp3) is 0.231. The Morgan fingerprint density at radius 3 is 2.47 bits per heavy atom. The van der Waals surface area contributed by atoms with Gasteiger partial charge >= 0.3 is 0 Å². The van der Waals surface area contributed by atoms with Crippen molar-refractivity contribution in [3.8, 4) is 17.2 Å². The van der Waals surface area contributed by atoms with Gasteiger partial charge in [0.1, 0.15) is 12.4 Å². The van der Waals surface area contributed by atoms with Gasteiger partial charge in [-0.3, -0.25) is 20.4 Å². The highest BCUT2D eigenvalue weighted by atomic mass is 35.5. The number of hydrogen-bond acceptors (Lipinski definition) is 6. The molecule has 0 radical (unpaired) electrons. The second kappa shape index (κ2) is 11.4. The quantitative estimate of drug-likeness (QED) is 0.375. The molecule has 10 heteroatoms. The van der Waals surface area contributed by atoms with Crippen molar-refractivity contribution in [2.75, 3.05) is 31.1 Å². The first-order valence-corrected chi connectivity index (χ1v) is 11.9. The van der Waals surface area contributed by atoms with E-state index in [0.717, 1.165) is 11.3 Å². The third-order valence-corrected chi connectivity index (χ3v) is 6.36. The molecule has 0 saturated carbocycles. The van der Waals surface area contributed by atoms with Crippen LogP contribution in [0.1, 0.15) is 12.0 Å². The standard InChI is InChI=1S/C26H25Cl2N3O5/c1-34-21-8-6-20(7-9-21)31-14-17(11-25(31)32)26(33)30-29-19-5-10-23(24(13-19)35-2)36-15-16-3-4-18(27)12-22(16)28/h3-10,12-13,17,29H,11,14-15H2,1-2H3,(H,30,33)/t17-/m1/s1. The summed E-state index contributed by atoms with van der Waals surface area (Å²) in [6.07, 6.45) is 0.128. The smallest absolute Gasteiger partial charge is 0.243 e. The number of methoxy groups -OCH3 is 2. The van der Waals surface area contributed by atoms with Crippen LogP contribution < -0.4 is 30.0 Å². The Hall–Kier alpha value is -3.62. The fourth-order valence-electron chi connectivity index (χ4n) is 3.79. The van der Waals surface area contributed by atoms with Crippen LogP contribution in [0.2, 0.25) is 10.0 Å². The van der Waals surface area contributed by atoms with Crippen LogP contribution in [0.5, 0.6) is 17.2 Å². The van der Waals surface area contributed by atoms with Gasteiger partial charge in [0.2, 0.25) is 11.8 Å². The average Bonchev–Trinajstić information content (AvgIpc) is 3.28. The van der Waals surface area contributed by atoms with Crippen molar-refractivity contribution >= 4 is 46.4 Å². The normalized spacial score (nSPS) is 14.9. The molecule has 1 aliphatic heterocycles. The molecule has 0 unspecified atom stereocenters. The van der Waals surface area contributed by atoms with Gasteiger partial charge in [0, 0.05) is 40.3 Å². The zero-order valence-electron chi connectivity index (χ0n) is 19.7. The van der Waals surface area contributed by atoms with E-state index in [-0.39, 0.29) is 24.8 Å². The number of nitrogens with one attached hydrogen (secondary N) is 2. The summed E-state index contributed by atoms with van der Waals surface area (Å²) in [7, 11) is 3.11. The molecule has 1 fully saturated rings. The van der Waals surface area contributed by atoms with E-state index < -0.39 is 5.92 Å². The van der Waals surface area contributed by atoms with Crippen LogP contribution in [0.4, 0.5) is 11.4 Å². The summed E-state index contributed by atoms with van der Waals surface area (Å²) in [5.74, 6) is 0.809. The first kappa shape index (κ1) is 25.5. The molecule has 2 N–H and O–H groups in total. The van der Waals surface area contributed by atoms with Gasteiger partial charge < -0.3 is 19.1 Å². The van der Waals surface area contributed by atoms with E-state index in [1.807, 2.05) is 0 Å². The Labute approximate surface area is 219 Å². The number of hydrogen-bond donors (Lipinski definition) is 2. The predicted molar refractivity (Wildman–Crippen MR) is 139 cm³/mol. The highest BCUT2D eigenvalue weighted by Crippen LogP contribution is 2.32. The molecule has 0 spiro atoms. The lowest BCUT2D eigenvalue weighted by Crippen LogP contribution is -2.36. The Balaban J connectivity index is 1.33. The molecule has 1 aliphatic rings. The van der Waals surface area contributed by atoms with Crippen LogP contribution in [-0.2, 0) is 16.2 Å². The number of carbonyl (C=O) groups excluding carboxylic acids is 2. The van der Waals surface area contributed by atoms with Crippen LogP contribution in [0.25, 0.3) is 0 Å². The Morgan fingerprint density at radius 1 is 1.00 bits per heavy atom. The minimum absolute atomic E-state index is 0.107. The SMILES string of the molecule is COc1ccc(N2C[C@H](C(=O)NNc3ccc(OCc4ccc(Cl)cc4Cl)c(OC)c3)CC2=O)cc1. The fourth-order valence-corrected chi connectivity index (χ4v) is 4.25. The molecular weight excluding hydrogens is 505 g/mol. The Morgan fingerprint density at radius 2 is 1.78 bits per heavy atom. The van der Waals surface area contributed by atoms with Gasteiger partial charge in [-0.1, -0.05) is 29.3 Å². The maximum absolute atomic E-state index is 12.7. The van der Waals surface area contributed by atoms with E-state index in [2.05, 4.69) is 10.9 Å². The summed E-state index contributed by atoms with van der Waals surface area (Å²) < 4.78 is 16.4. The summed E-state index contributed by atoms with van der Waals surface area (Å²) in [6, 6.07) is 17.5. The van der Waals surface area contributed by atoms with Crippen LogP contribution >= 0.6 is 23.2 Å². The maximum atomic E-state index is 12.7. The van der Waals surface area contributed by atoms with Crippen molar-refractivity contribution in [2.24, 2.45) is 5.92 Å². The molecule has 3 aromatic rings. The number of amides is 2. The zero-order chi connectivity index (χ0) is 25.7. The lowest BCUT2D eigenvalue weighted by atomic mass is 10.1. The van der Waals surface area contributed by atoms with E-state index >= 15 is 0 Å². The monoisotopic (exact) mass is 529 g/mol. The van der Waals surface area contributed by atoms with Gasteiger partial charge in [-0.2, -0.15) is 0 Å². The Kier molecular flexibility index (Phi) is 8.07. The second-order valence-electron chi connectivity index (χ2n) is 8.11. The number of anilines is 2. The summed E-state index contributed by atoms with van der Waals surface area (Å²) in [5.41, 5.74) is 7.66. The second-order valence-corrected chi connectivity index (χ2v) is 8.95. The van der Waals surface area contributed by atoms with Gasteiger partial charge in [0.05, 0.1) is 25.8 Å². The minimum atomic E-state index is -0.485. The molecule has 2 amide bonds. The van der Waals surface area contributed by atoms with Crippen LogP contribution in [0.3, 0.4) is 0 Å². The molecule has 4 rings (SSSR count). The number of halogens is 2. The molecule has 188 valence electrons. The van der Waals surface area contributed by atoms with Crippen LogP contribution in [0, 0.1) is 5.92 Å². The summed E-state index contributed by atoms with van der Waals surface area (Å²) >= 11 is 12.1. The molecular formula is C26H25Cl2N3O5. The number of benzene rings is 3. The lowest BCUT2D eigenvalue weighted by molar-refractivity contribution is -0.125. The first-order chi connectivity index (χ1) is 17.4. The molecule has 1 saturated heterocycles. The summed E-state index contributed by atoms with van der Waals surface area (Å²) in [6.45, 7) is 0.526. The third-order valence-electron chi connectivity index (χ3n) is 5.77. The average molecular weight is 530 g/mol. The van der Waals surface area contributed by atoms with Gasteiger partial charge in [0.15, 0.2) is 11.5 Å². The lowest BCUT2D eigenvalue weighted by Gasteiger charge is -2.17. The predicted octanol–water partition coefficient (Wildman–Crippen LogP) is 5.09. The topological polar surface area (TPSA) is 89.1 Å². The molecule has 36 heavy (non-hydrogen) atoms. The maximum Gasteiger partial charge on any atom is 0.243 e. The van der Waals surface area contributed by atoms with Crippen LogP contribution in [0.15, 0.2) is 60.7 Å². The zero-order valence-corrected chi connectivity index (χ0v) is 21.2. The highest BCUT2D eigenvalue weighted by Gasteiger charge is 2.35. The number of rotatable bonds is 9. The van der Waals surface area contributed by atoms with Gasteiger partial charge in [-0.15, -0.1) is 0 Å². The number of ether oxygens (including phenoxy) is 3. The van der Waals surface area contributed by atoms with Gasteiger partial charge in [-0.05, 0) is 48.5 Å².